The number of nitrogens with zero attached hydrogens (tertiary/aromatic N) is 3. The molecule has 1 spiro atoms. The van der Waals surface area contributed by atoms with Crippen molar-refractivity contribution in [1.29, 1.82) is 0 Å². The molecule has 4 aliphatic heterocycles. The fraction of sp³-hybridized carbons (Fsp3) is 0.588. The van der Waals surface area contributed by atoms with Gasteiger partial charge in [-0.15, -0.1) is 0 Å². The van der Waals surface area contributed by atoms with E-state index in [0.717, 1.165) is 5.56 Å². The lowest BCUT2D eigenvalue weighted by Gasteiger charge is -2.42. The molecule has 1 aromatic rings. The highest BCUT2D eigenvalue weighted by molar-refractivity contribution is 5.99. The number of cyclic esters (lactones) is 1. The summed E-state index contributed by atoms with van der Waals surface area (Å²) in [5.74, 6) is -3.52. The monoisotopic (exact) mass is 607 g/mol. The second kappa shape index (κ2) is 12.1. The third-order valence-corrected chi connectivity index (χ3v) is 9.75. The van der Waals surface area contributed by atoms with Gasteiger partial charge in [-0.1, -0.05) is 61.6 Å². The van der Waals surface area contributed by atoms with Crippen LogP contribution in [0.25, 0.3) is 0 Å². The molecule has 44 heavy (non-hydrogen) atoms. The molecule has 0 bridgehead atoms. The first-order valence-electron chi connectivity index (χ1n) is 15.6. The summed E-state index contributed by atoms with van der Waals surface area (Å²) in [7, 11) is 1.70. The quantitative estimate of drug-likeness (QED) is 0.413. The number of carbonyl (C=O) groups is 4. The number of rotatable bonds is 4. The Hall–Kier alpha value is -3.50. The number of esters is 1. The van der Waals surface area contributed by atoms with E-state index >= 15 is 0 Å². The summed E-state index contributed by atoms with van der Waals surface area (Å²) in [6, 6.07) is 7.05. The summed E-state index contributed by atoms with van der Waals surface area (Å²) in [5, 5.41) is 10.4. The zero-order valence-electron chi connectivity index (χ0n) is 26.5. The average Bonchev–Trinajstić information content (AvgIpc) is 3.37. The van der Waals surface area contributed by atoms with E-state index in [2.05, 4.69) is 0 Å². The second-order valence-corrected chi connectivity index (χ2v) is 13.3. The van der Waals surface area contributed by atoms with Gasteiger partial charge in [0, 0.05) is 25.6 Å². The topological polar surface area (TPSA) is 117 Å². The van der Waals surface area contributed by atoms with Crippen LogP contribution in [0.15, 0.2) is 54.6 Å². The highest BCUT2D eigenvalue weighted by Gasteiger charge is 2.72. The summed E-state index contributed by atoms with van der Waals surface area (Å²) in [4.78, 5) is 61.2. The number of likely N-dealkylation sites (N-methyl/N-ethyl adjacent to an activating group) is 1. The third kappa shape index (κ3) is 5.26. The molecule has 1 aromatic carbocycles. The van der Waals surface area contributed by atoms with Crippen molar-refractivity contribution in [1.82, 2.24) is 14.7 Å². The van der Waals surface area contributed by atoms with Gasteiger partial charge in [0.2, 0.25) is 17.7 Å². The highest BCUT2D eigenvalue weighted by Crippen LogP contribution is 2.54. The lowest BCUT2D eigenvalue weighted by atomic mass is 9.77. The predicted octanol–water partition coefficient (Wildman–Crippen LogP) is 3.02. The molecule has 0 aromatic heterocycles. The van der Waals surface area contributed by atoms with Crippen molar-refractivity contribution in [2.75, 3.05) is 20.2 Å². The lowest BCUT2D eigenvalue weighted by Crippen LogP contribution is -2.60. The van der Waals surface area contributed by atoms with Crippen LogP contribution in [-0.4, -0.2) is 99.1 Å². The van der Waals surface area contributed by atoms with Crippen LogP contribution in [0, 0.1) is 11.8 Å². The first-order chi connectivity index (χ1) is 20.9. The first kappa shape index (κ1) is 31.9. The van der Waals surface area contributed by atoms with E-state index in [4.69, 9.17) is 9.47 Å². The smallest absolute Gasteiger partial charge is 0.313 e. The molecule has 4 heterocycles. The Kier molecular flexibility index (Phi) is 8.79. The maximum atomic E-state index is 14.6. The third-order valence-electron chi connectivity index (χ3n) is 9.75. The average molecular weight is 608 g/mol. The Morgan fingerprint density at radius 1 is 1.07 bits per heavy atom. The molecule has 3 amide bonds. The molecular weight excluding hydrogens is 562 g/mol. The Morgan fingerprint density at radius 2 is 1.77 bits per heavy atom. The molecule has 4 aliphatic rings. The minimum absolute atomic E-state index is 0.0841. The van der Waals surface area contributed by atoms with Gasteiger partial charge >= 0.3 is 5.97 Å². The van der Waals surface area contributed by atoms with E-state index in [1.165, 1.54) is 4.90 Å². The number of amides is 3. The predicted molar refractivity (Wildman–Crippen MR) is 163 cm³/mol. The number of benzene rings is 1. The van der Waals surface area contributed by atoms with Crippen molar-refractivity contribution >= 4 is 23.7 Å². The van der Waals surface area contributed by atoms with E-state index < -0.39 is 65.2 Å². The standard InChI is InChI=1S/C34H45N3O7/c1-7-23(20-38)37-29-31(41)36(33(3,4)5)19-13-18-34(29)27(30(37)40)26-24(44-34)16-11-12-17-25(39)35(6)21(2)28(43-32(26)42)22-14-9-8-10-15-22/h8-11,13-16,18,21,23-24,26-29,38H,7,12,17,19-20H2,1-6H3/b16-11-/t21-,23+,24-,26+,27+,28+,29-,34+/m1/s1. The molecule has 0 radical (unpaired) electrons. The van der Waals surface area contributed by atoms with Gasteiger partial charge in [0.25, 0.3) is 0 Å². The van der Waals surface area contributed by atoms with E-state index in [9.17, 15) is 24.3 Å². The number of aliphatic hydroxyl groups excluding tert-OH is 1. The Morgan fingerprint density at radius 3 is 2.41 bits per heavy atom. The van der Waals surface area contributed by atoms with Crippen LogP contribution in [0.2, 0.25) is 0 Å². The summed E-state index contributed by atoms with van der Waals surface area (Å²) in [6.45, 7) is 9.48. The maximum absolute atomic E-state index is 14.6. The van der Waals surface area contributed by atoms with Crippen molar-refractivity contribution in [2.45, 2.75) is 95.4 Å². The minimum Gasteiger partial charge on any atom is -0.455 e. The van der Waals surface area contributed by atoms with Gasteiger partial charge in [-0.05, 0) is 46.1 Å². The number of fused-ring (bicyclic) bond motifs is 2. The number of carbonyl (C=O) groups excluding carboxylic acids is 4. The van der Waals surface area contributed by atoms with Gasteiger partial charge in [-0.25, -0.2) is 0 Å². The minimum atomic E-state index is -1.45. The molecular formula is C34H45N3O7. The van der Waals surface area contributed by atoms with Crippen molar-refractivity contribution in [3.8, 4) is 0 Å². The van der Waals surface area contributed by atoms with Crippen molar-refractivity contribution < 1.29 is 33.8 Å². The first-order valence-corrected chi connectivity index (χ1v) is 15.6. The Bertz CT molecular complexity index is 1330. The highest BCUT2D eigenvalue weighted by atomic mass is 16.6. The number of allylic oxidation sites excluding steroid dienone is 1. The van der Waals surface area contributed by atoms with Crippen LogP contribution in [-0.2, 0) is 28.7 Å². The zero-order chi connectivity index (χ0) is 32.0. The van der Waals surface area contributed by atoms with E-state index in [-0.39, 0.29) is 24.8 Å². The van der Waals surface area contributed by atoms with E-state index in [1.54, 1.807) is 35.1 Å². The molecule has 0 unspecified atom stereocenters. The van der Waals surface area contributed by atoms with Crippen LogP contribution in [0.1, 0.15) is 65.5 Å². The molecule has 10 nitrogen and oxygen atoms in total. The zero-order valence-corrected chi connectivity index (χ0v) is 26.5. The summed E-state index contributed by atoms with van der Waals surface area (Å²) in [6.07, 6.45) is 6.59. The van der Waals surface area contributed by atoms with Crippen LogP contribution in [0.4, 0.5) is 0 Å². The number of likely N-dealkylation sites (tertiary alicyclic amines) is 1. The SMILES string of the molecule is CC[C@@H](CO)N1C(=O)[C@@H]2[C@H]3C(=O)O[C@H](c4ccccc4)[C@@H](C)N(C)C(=O)CC/C=C\[C@H]3O[C@@]23C=CCN(C(C)(C)C)C(=O)[C@@H]13. The fourth-order valence-corrected chi connectivity index (χ4v) is 7.24. The molecule has 5 rings (SSSR count). The summed E-state index contributed by atoms with van der Waals surface area (Å²) in [5.41, 5.74) is -1.28. The van der Waals surface area contributed by atoms with Crippen molar-refractivity contribution in [3.05, 3.63) is 60.2 Å². The van der Waals surface area contributed by atoms with Crippen LogP contribution in [0.3, 0.4) is 0 Å². The molecule has 1 N–H and O–H groups in total. The van der Waals surface area contributed by atoms with Gasteiger partial charge in [0.05, 0.1) is 30.7 Å². The van der Waals surface area contributed by atoms with Gasteiger partial charge in [-0.3, -0.25) is 19.2 Å². The molecule has 8 atom stereocenters. The van der Waals surface area contributed by atoms with Gasteiger partial charge in [0.15, 0.2) is 0 Å². The number of aliphatic hydroxyl groups is 1. The van der Waals surface area contributed by atoms with E-state index in [1.807, 2.05) is 71.0 Å². The number of hydrogen-bond acceptors (Lipinski definition) is 7. The number of ether oxygens (including phenoxy) is 2. The van der Waals surface area contributed by atoms with Gasteiger partial charge < -0.3 is 29.3 Å². The largest absolute Gasteiger partial charge is 0.455 e. The van der Waals surface area contributed by atoms with Gasteiger partial charge in [0.1, 0.15) is 23.7 Å². The lowest BCUT2D eigenvalue weighted by molar-refractivity contribution is -0.165. The van der Waals surface area contributed by atoms with E-state index in [0.29, 0.717) is 19.4 Å². The molecule has 0 aliphatic carbocycles. The van der Waals surface area contributed by atoms with Gasteiger partial charge in [-0.2, -0.15) is 0 Å². The summed E-state index contributed by atoms with van der Waals surface area (Å²) >= 11 is 0. The van der Waals surface area contributed by atoms with Crippen LogP contribution in [0.5, 0.6) is 0 Å². The molecule has 0 saturated carbocycles. The normalized spacial score (nSPS) is 34.4. The van der Waals surface area contributed by atoms with Crippen LogP contribution < -0.4 is 0 Å². The van der Waals surface area contributed by atoms with Crippen LogP contribution >= 0.6 is 0 Å². The fourth-order valence-electron chi connectivity index (χ4n) is 7.24. The Labute approximate surface area is 259 Å². The maximum Gasteiger partial charge on any atom is 0.313 e. The summed E-state index contributed by atoms with van der Waals surface area (Å²) < 4.78 is 13.0. The Balaban J connectivity index is 1.65. The number of hydrogen-bond donors (Lipinski definition) is 1. The van der Waals surface area contributed by atoms with Crippen molar-refractivity contribution in [2.24, 2.45) is 11.8 Å². The second-order valence-electron chi connectivity index (χ2n) is 13.3. The molecule has 10 heteroatoms. The van der Waals surface area contributed by atoms with Crippen molar-refractivity contribution in [3.63, 3.8) is 0 Å². The molecule has 2 fully saturated rings. The molecule has 238 valence electrons. The molecule has 2 saturated heterocycles.